The van der Waals surface area contributed by atoms with Gasteiger partial charge in [0.25, 0.3) is 0 Å². The van der Waals surface area contributed by atoms with Gasteiger partial charge < -0.3 is 0 Å². The van der Waals surface area contributed by atoms with Crippen LogP contribution in [0.2, 0.25) is 0 Å². The van der Waals surface area contributed by atoms with Gasteiger partial charge in [0.2, 0.25) is 0 Å². The van der Waals surface area contributed by atoms with Gasteiger partial charge in [-0.3, -0.25) is 4.98 Å². The lowest BCUT2D eigenvalue weighted by Crippen LogP contribution is -2.51. The zero-order valence-corrected chi connectivity index (χ0v) is 16.8. The molecule has 0 aliphatic rings. The highest BCUT2D eigenvalue weighted by molar-refractivity contribution is 5.87. The monoisotopic (exact) mass is 381 g/mol. The minimum absolute atomic E-state index is 0.231. The molecule has 148 valence electrons. The summed E-state index contributed by atoms with van der Waals surface area (Å²) in [7, 11) is 1.66. The molecule has 6 heteroatoms. The molecule has 0 bridgehead atoms. The topological polar surface area (TPSA) is 30.0 Å². The Kier molecular flexibility index (Phi) is 7.72. The first-order chi connectivity index (χ1) is 12.6. The predicted octanol–water partition coefficient (Wildman–Crippen LogP) is 5.93. The molecular formula is C21H28F3N2O+. The fourth-order valence-electron chi connectivity index (χ4n) is 3.01. The van der Waals surface area contributed by atoms with E-state index in [9.17, 15) is 18.0 Å². The summed E-state index contributed by atoms with van der Waals surface area (Å²) < 4.78 is 39.2. The maximum atomic E-state index is 13.2. The Bertz CT molecular complexity index is 760. The van der Waals surface area contributed by atoms with Gasteiger partial charge in [-0.25, -0.2) is 9.28 Å². The molecule has 0 saturated heterocycles. The summed E-state index contributed by atoms with van der Waals surface area (Å²) in [5, 5.41) is 0. The van der Waals surface area contributed by atoms with Crippen molar-refractivity contribution >= 4 is 11.6 Å². The number of hydrogen-bond donors (Lipinski definition) is 0. The van der Waals surface area contributed by atoms with E-state index in [0.717, 1.165) is 11.6 Å². The molecule has 2 aromatic rings. The minimum Gasteiger partial charge on any atom is -0.251 e. The van der Waals surface area contributed by atoms with E-state index in [0.29, 0.717) is 17.7 Å². The predicted molar refractivity (Wildman–Crippen MR) is 103 cm³/mol. The van der Waals surface area contributed by atoms with Crippen molar-refractivity contribution in [3.63, 3.8) is 0 Å². The van der Waals surface area contributed by atoms with Gasteiger partial charge in [0.05, 0.1) is 14.0 Å². The Labute approximate surface area is 159 Å². The first-order valence-corrected chi connectivity index (χ1v) is 9.11. The fraction of sp³-hybridized carbons (Fsp3) is 0.429. The number of alkyl halides is 3. The normalized spacial score (nSPS) is 14.6. The van der Waals surface area contributed by atoms with Crippen molar-refractivity contribution in [2.24, 2.45) is 0 Å². The number of aryl methyl sites for hydroxylation is 1. The van der Waals surface area contributed by atoms with E-state index in [1.54, 1.807) is 7.05 Å². The van der Waals surface area contributed by atoms with Crippen LogP contribution in [0.15, 0.2) is 42.6 Å². The molecule has 3 nitrogen and oxygen atoms in total. The summed E-state index contributed by atoms with van der Waals surface area (Å²) in [4.78, 5) is 16.1. The fourth-order valence-corrected chi connectivity index (χ4v) is 3.01. The van der Waals surface area contributed by atoms with Gasteiger partial charge in [-0.15, -0.1) is 0 Å². The average molecular weight is 381 g/mol. The molecule has 1 heterocycles. The number of carbonyl (C=O) groups excluding carboxylic acids is 1. The van der Waals surface area contributed by atoms with Gasteiger partial charge in [-0.1, -0.05) is 51.1 Å². The maximum Gasteiger partial charge on any atom is 0.433 e. The lowest BCUT2D eigenvalue weighted by atomic mass is 10.0. The highest BCUT2D eigenvalue weighted by Crippen LogP contribution is 2.39. The molecule has 0 N–H and O–H groups in total. The number of nitrogens with zero attached hydrogens (tertiary/aromatic N) is 2. The number of benzene rings is 1. The van der Waals surface area contributed by atoms with Crippen LogP contribution in [0.4, 0.5) is 18.9 Å². The van der Waals surface area contributed by atoms with Crippen LogP contribution in [0, 0.1) is 0 Å². The summed E-state index contributed by atoms with van der Waals surface area (Å²) in [6.45, 7) is 9.10. The van der Waals surface area contributed by atoms with Gasteiger partial charge in [0, 0.05) is 23.4 Å². The second kappa shape index (κ2) is 9.13. The maximum absolute atomic E-state index is 13.2. The van der Waals surface area contributed by atoms with Gasteiger partial charge in [-0.2, -0.15) is 13.2 Å². The van der Waals surface area contributed by atoms with Crippen molar-refractivity contribution in [1.82, 2.24) is 9.47 Å². The Balaban J connectivity index is 0.00000176. The van der Waals surface area contributed by atoms with E-state index in [2.05, 4.69) is 4.98 Å². The lowest BCUT2D eigenvalue weighted by molar-refractivity contribution is -0.141. The molecule has 27 heavy (non-hydrogen) atoms. The van der Waals surface area contributed by atoms with E-state index in [1.165, 1.54) is 13.1 Å². The molecule has 0 spiro atoms. The third kappa shape index (κ3) is 4.75. The molecule has 2 rings (SSSR count). The smallest absolute Gasteiger partial charge is 0.251 e. The highest BCUT2D eigenvalue weighted by Gasteiger charge is 2.42. The third-order valence-electron chi connectivity index (χ3n) is 4.84. The molecule has 1 aromatic heterocycles. The number of pyridine rings is 1. The van der Waals surface area contributed by atoms with Gasteiger partial charge >= 0.3 is 12.1 Å². The van der Waals surface area contributed by atoms with Crippen molar-refractivity contribution in [1.29, 1.82) is 0 Å². The Morgan fingerprint density at radius 3 is 2.19 bits per heavy atom. The quantitative estimate of drug-likeness (QED) is 0.614. The largest absolute Gasteiger partial charge is 0.433 e. The number of rotatable bonds is 4. The van der Waals surface area contributed by atoms with Crippen molar-refractivity contribution in [2.75, 3.05) is 7.05 Å². The molecule has 0 fully saturated rings. The molecule has 1 aromatic carbocycles. The molecule has 1 amide bonds. The molecule has 0 saturated carbocycles. The summed E-state index contributed by atoms with van der Waals surface area (Å²) >= 11 is 0. The zero-order valence-electron chi connectivity index (χ0n) is 16.8. The number of carbonyl (C=O) groups is 1. The molecule has 0 aliphatic heterocycles. The Hall–Kier alpha value is -2.21. The lowest BCUT2D eigenvalue weighted by Gasteiger charge is -2.37. The Morgan fingerprint density at radius 1 is 1.19 bits per heavy atom. The third-order valence-corrected chi connectivity index (χ3v) is 4.84. The second-order valence-electron chi connectivity index (χ2n) is 6.23. The first kappa shape index (κ1) is 22.8. The van der Waals surface area contributed by atoms with E-state index >= 15 is 0 Å². The van der Waals surface area contributed by atoms with E-state index in [-0.39, 0.29) is 16.4 Å². The van der Waals surface area contributed by atoms with Crippen molar-refractivity contribution in [3.05, 3.63) is 59.4 Å². The zero-order chi connectivity index (χ0) is 20.8. The van der Waals surface area contributed by atoms with Crippen LogP contribution in [-0.2, 0) is 17.4 Å². The molecular weight excluding hydrogens is 353 g/mol. The van der Waals surface area contributed by atoms with E-state index in [1.807, 2.05) is 58.0 Å². The molecule has 0 aliphatic carbocycles. The first-order valence-electron chi connectivity index (χ1n) is 9.11. The van der Waals surface area contributed by atoms with Crippen LogP contribution in [0.5, 0.6) is 0 Å². The standard InChI is InChI=1S/C19H22F3N2O.C2H6/c1-5-15-12-23-18(19(20,21)22)11-17(15)24(4,14(3)25)13(2)16-9-7-6-8-10-16;1-2/h6-13H,5H2,1-4H3;1-2H3/q+1;/t13-,24?;/m0./s1. The molecule has 2 atom stereocenters. The van der Waals surface area contributed by atoms with Crippen LogP contribution < -0.4 is 4.48 Å². The van der Waals surface area contributed by atoms with Crippen LogP contribution in [-0.4, -0.2) is 17.9 Å². The van der Waals surface area contributed by atoms with Crippen LogP contribution >= 0.6 is 0 Å². The van der Waals surface area contributed by atoms with E-state index < -0.39 is 11.9 Å². The molecule has 0 radical (unpaired) electrons. The number of aromatic nitrogens is 1. The number of hydrogen-bond acceptors (Lipinski definition) is 2. The minimum atomic E-state index is -4.56. The van der Waals surface area contributed by atoms with Crippen LogP contribution in [0.25, 0.3) is 0 Å². The number of quaternary nitrogens is 1. The van der Waals surface area contributed by atoms with Crippen LogP contribution in [0.1, 0.15) is 57.5 Å². The summed E-state index contributed by atoms with van der Waals surface area (Å²) in [5.74, 6) is -0.231. The van der Waals surface area contributed by atoms with Crippen molar-refractivity contribution in [2.45, 2.75) is 53.3 Å². The molecule has 1 unspecified atom stereocenters. The highest BCUT2D eigenvalue weighted by atomic mass is 19.4. The SMILES string of the molecule is CC.CCc1cnc(C(F)(F)F)cc1[N+](C)(C(C)=O)[C@@H](C)c1ccccc1. The van der Waals surface area contributed by atoms with E-state index in [4.69, 9.17) is 0 Å². The van der Waals surface area contributed by atoms with Crippen molar-refractivity contribution in [3.8, 4) is 0 Å². The number of halogens is 3. The van der Waals surface area contributed by atoms with Gasteiger partial charge in [0.15, 0.2) is 0 Å². The summed E-state index contributed by atoms with van der Waals surface area (Å²) in [6, 6.07) is 9.99. The number of amides is 1. The summed E-state index contributed by atoms with van der Waals surface area (Å²) in [5.41, 5.74) is 0.875. The van der Waals surface area contributed by atoms with Crippen molar-refractivity contribution < 1.29 is 18.0 Å². The second-order valence-corrected chi connectivity index (χ2v) is 6.23. The van der Waals surface area contributed by atoms with Gasteiger partial charge in [0.1, 0.15) is 17.4 Å². The average Bonchev–Trinajstić information content (AvgIpc) is 2.67. The van der Waals surface area contributed by atoms with Crippen LogP contribution in [0.3, 0.4) is 0 Å². The Morgan fingerprint density at radius 2 is 1.74 bits per heavy atom. The summed E-state index contributed by atoms with van der Waals surface area (Å²) in [6.07, 6.45) is -2.84. The van der Waals surface area contributed by atoms with Gasteiger partial charge in [-0.05, 0) is 13.3 Å².